The quantitative estimate of drug-likeness (QED) is 0.462. The van der Waals surface area contributed by atoms with E-state index in [1.54, 1.807) is 0 Å². The third-order valence-electron chi connectivity index (χ3n) is 5.89. The zero-order chi connectivity index (χ0) is 17.8. The molecule has 2 fully saturated rings. The number of hydrogen-bond donors (Lipinski definition) is 0. The van der Waals surface area contributed by atoms with Crippen molar-refractivity contribution in [2.75, 3.05) is 13.7 Å². The molecule has 2 aliphatic rings. The fourth-order valence-electron chi connectivity index (χ4n) is 4.78. The number of rotatable bonds is 6. The summed E-state index contributed by atoms with van der Waals surface area (Å²) in [4.78, 5) is 15.2. The van der Waals surface area contributed by atoms with Gasteiger partial charge in [0.1, 0.15) is 0 Å². The number of aryl methyl sites for hydroxylation is 1. The molecular weight excluding hydrogens is 425 g/mol. The molecule has 0 aliphatic carbocycles. The number of esters is 1. The Morgan fingerprint density at radius 3 is 2.72 bits per heavy atom. The first-order valence-corrected chi connectivity index (χ1v) is 10.6. The molecule has 2 unspecified atom stereocenters. The van der Waals surface area contributed by atoms with E-state index in [9.17, 15) is 4.79 Å². The molecule has 2 saturated heterocycles. The Bertz CT molecular complexity index is 613. The van der Waals surface area contributed by atoms with Gasteiger partial charge in [-0.15, -0.1) is 0 Å². The molecule has 0 N–H and O–H groups in total. The molecular formula is C21H28INO2. The van der Waals surface area contributed by atoms with Crippen molar-refractivity contribution in [3.05, 3.63) is 45.6 Å². The van der Waals surface area contributed by atoms with Crippen LogP contribution in [-0.2, 0) is 16.0 Å². The second-order valence-electron chi connectivity index (χ2n) is 7.24. The zero-order valence-corrected chi connectivity index (χ0v) is 17.3. The molecule has 0 amide bonds. The smallest absolute Gasteiger partial charge is 0.310 e. The summed E-state index contributed by atoms with van der Waals surface area (Å²) >= 11 is 2.27. The molecule has 1 aromatic carbocycles. The number of hydrogen-bond acceptors (Lipinski definition) is 3. The van der Waals surface area contributed by atoms with Gasteiger partial charge in [0.15, 0.2) is 0 Å². The molecule has 0 aromatic heterocycles. The summed E-state index contributed by atoms with van der Waals surface area (Å²) < 4.78 is 7.29. The molecule has 1 aromatic rings. The molecule has 25 heavy (non-hydrogen) atoms. The van der Waals surface area contributed by atoms with Gasteiger partial charge in [-0.2, -0.15) is 0 Å². The van der Waals surface area contributed by atoms with Crippen molar-refractivity contribution >= 4 is 28.6 Å². The van der Waals surface area contributed by atoms with Crippen LogP contribution >= 0.6 is 22.6 Å². The van der Waals surface area contributed by atoms with Crippen LogP contribution in [0.25, 0.3) is 0 Å². The number of piperidine rings is 1. The minimum absolute atomic E-state index is 0.0450. The second kappa shape index (κ2) is 8.67. The van der Waals surface area contributed by atoms with Crippen LogP contribution in [0.5, 0.6) is 0 Å². The third kappa shape index (κ3) is 3.95. The predicted molar refractivity (Wildman–Crippen MR) is 110 cm³/mol. The van der Waals surface area contributed by atoms with Gasteiger partial charge in [-0.25, -0.2) is 0 Å². The van der Waals surface area contributed by atoms with Gasteiger partial charge >= 0.3 is 5.97 Å². The lowest BCUT2D eigenvalue weighted by molar-refractivity contribution is -0.150. The number of benzene rings is 1. The Kier molecular flexibility index (Phi) is 6.55. The monoisotopic (exact) mass is 453 g/mol. The largest absolute Gasteiger partial charge is 0.469 e. The number of halogens is 1. The van der Waals surface area contributed by atoms with Crippen LogP contribution in [0.3, 0.4) is 0 Å². The van der Waals surface area contributed by atoms with E-state index in [0.29, 0.717) is 12.1 Å². The standard InChI is InChI=1S/C21H28INO2/c1-3-5-15-6-8-16(9-7-15)18-14-17-10-11-19(20(18)21(24)25-2)23(17)13-4-12-22/h4,6-9,12,17-20H,3,5,10-11,13-14H2,1-2H3/b12-4+/t17-,18?,19?,20+/m1/s1. The summed E-state index contributed by atoms with van der Waals surface area (Å²) in [7, 11) is 1.53. The van der Waals surface area contributed by atoms with Gasteiger partial charge in [0.2, 0.25) is 0 Å². The number of methoxy groups -OCH3 is 1. The van der Waals surface area contributed by atoms with Crippen LogP contribution < -0.4 is 0 Å². The van der Waals surface area contributed by atoms with E-state index < -0.39 is 0 Å². The first-order valence-electron chi connectivity index (χ1n) is 9.37. The molecule has 3 nitrogen and oxygen atoms in total. The number of nitrogens with zero attached hydrogens (tertiary/aromatic N) is 1. The molecule has 0 radical (unpaired) electrons. The number of fused-ring (bicyclic) bond motifs is 2. The van der Waals surface area contributed by atoms with Crippen molar-refractivity contribution < 1.29 is 9.53 Å². The highest BCUT2D eigenvalue weighted by Gasteiger charge is 2.50. The summed E-state index contributed by atoms with van der Waals surface area (Å²) in [5.74, 6) is 0.181. The summed E-state index contributed by atoms with van der Waals surface area (Å²) in [6.07, 6.45) is 7.82. The molecule has 4 atom stereocenters. The Morgan fingerprint density at radius 2 is 2.08 bits per heavy atom. The summed E-state index contributed by atoms with van der Waals surface area (Å²) in [6.45, 7) is 3.15. The van der Waals surface area contributed by atoms with Crippen molar-refractivity contribution in [2.24, 2.45) is 5.92 Å². The third-order valence-corrected chi connectivity index (χ3v) is 6.40. The fraction of sp³-hybridized carbons (Fsp3) is 0.571. The van der Waals surface area contributed by atoms with Crippen molar-refractivity contribution in [3.63, 3.8) is 0 Å². The lowest BCUT2D eigenvalue weighted by Crippen LogP contribution is -2.50. The highest BCUT2D eigenvalue weighted by Crippen LogP contribution is 2.47. The van der Waals surface area contributed by atoms with Crippen molar-refractivity contribution in [1.82, 2.24) is 4.90 Å². The highest BCUT2D eigenvalue weighted by molar-refractivity contribution is 14.1. The lowest BCUT2D eigenvalue weighted by atomic mass is 9.75. The Balaban J connectivity index is 1.87. The maximum absolute atomic E-state index is 12.7. The van der Waals surface area contributed by atoms with Gasteiger partial charge in [0.25, 0.3) is 0 Å². The van der Waals surface area contributed by atoms with E-state index in [-0.39, 0.29) is 17.8 Å². The highest BCUT2D eigenvalue weighted by atomic mass is 127. The normalized spacial score (nSPS) is 29.2. The predicted octanol–water partition coefficient (Wildman–Crippen LogP) is 4.70. The Morgan fingerprint density at radius 1 is 1.32 bits per heavy atom. The fourth-order valence-corrected chi connectivity index (χ4v) is 5.01. The topological polar surface area (TPSA) is 29.5 Å². The first kappa shape index (κ1) is 18.9. The molecule has 0 saturated carbocycles. The van der Waals surface area contributed by atoms with Crippen LogP contribution in [0.4, 0.5) is 0 Å². The van der Waals surface area contributed by atoms with Gasteiger partial charge < -0.3 is 4.74 Å². The minimum Gasteiger partial charge on any atom is -0.469 e. The van der Waals surface area contributed by atoms with E-state index in [4.69, 9.17) is 4.74 Å². The first-order chi connectivity index (χ1) is 12.2. The van der Waals surface area contributed by atoms with Gasteiger partial charge in [-0.1, -0.05) is 66.3 Å². The zero-order valence-electron chi connectivity index (χ0n) is 15.2. The number of carbonyl (C=O) groups excluding carboxylic acids is 1. The molecule has 0 spiro atoms. The SMILES string of the molecule is CCCc1ccc(C2C[C@H]3CCC([C@H]2C(=O)OC)N3C/C=C/I)cc1. The van der Waals surface area contributed by atoms with Gasteiger partial charge in [-0.3, -0.25) is 9.69 Å². The van der Waals surface area contributed by atoms with Crippen molar-refractivity contribution in [1.29, 1.82) is 0 Å². The summed E-state index contributed by atoms with van der Waals surface area (Å²) in [6, 6.07) is 9.84. The molecule has 2 aliphatic heterocycles. The van der Waals surface area contributed by atoms with Gasteiger partial charge in [0, 0.05) is 24.5 Å². The summed E-state index contributed by atoms with van der Waals surface area (Å²) in [5, 5.41) is 0. The van der Waals surface area contributed by atoms with Crippen LogP contribution in [0.1, 0.15) is 49.7 Å². The van der Waals surface area contributed by atoms with Crippen LogP contribution in [0.2, 0.25) is 0 Å². The molecule has 2 heterocycles. The van der Waals surface area contributed by atoms with Crippen molar-refractivity contribution in [3.8, 4) is 0 Å². The Hall–Kier alpha value is -0.880. The minimum atomic E-state index is -0.0524. The van der Waals surface area contributed by atoms with E-state index in [2.05, 4.69) is 68.8 Å². The molecule has 4 heteroatoms. The van der Waals surface area contributed by atoms with E-state index in [1.165, 1.54) is 24.7 Å². The molecule has 136 valence electrons. The number of ether oxygens (including phenoxy) is 1. The van der Waals surface area contributed by atoms with Crippen molar-refractivity contribution in [2.45, 2.75) is 57.0 Å². The summed E-state index contributed by atoms with van der Waals surface area (Å²) in [5.41, 5.74) is 2.68. The average Bonchev–Trinajstić information content (AvgIpc) is 2.91. The van der Waals surface area contributed by atoms with Gasteiger partial charge in [-0.05, 0) is 40.9 Å². The number of carbonyl (C=O) groups is 1. The van der Waals surface area contributed by atoms with Crippen LogP contribution in [0, 0.1) is 5.92 Å². The Labute approximate surface area is 165 Å². The van der Waals surface area contributed by atoms with Gasteiger partial charge in [0.05, 0.1) is 13.0 Å². The second-order valence-corrected chi connectivity index (χ2v) is 7.96. The lowest BCUT2D eigenvalue weighted by Gasteiger charge is -2.43. The maximum atomic E-state index is 12.7. The average molecular weight is 453 g/mol. The van der Waals surface area contributed by atoms with Crippen LogP contribution in [0.15, 0.2) is 34.4 Å². The molecule has 2 bridgehead atoms. The van der Waals surface area contributed by atoms with E-state index in [0.717, 1.165) is 32.2 Å². The van der Waals surface area contributed by atoms with E-state index >= 15 is 0 Å². The van der Waals surface area contributed by atoms with Crippen LogP contribution in [-0.4, -0.2) is 36.6 Å². The molecule has 3 rings (SSSR count). The maximum Gasteiger partial charge on any atom is 0.310 e. The van der Waals surface area contributed by atoms with E-state index in [1.807, 2.05) is 0 Å².